The first-order chi connectivity index (χ1) is 11.0. The third-order valence-corrected chi connectivity index (χ3v) is 2.84. The van der Waals surface area contributed by atoms with Crippen molar-refractivity contribution in [3.8, 4) is 6.07 Å². The molecular formula is C15H17N3O4S. The van der Waals surface area contributed by atoms with E-state index in [0.717, 1.165) is 0 Å². The smallest absolute Gasteiger partial charge is 0.306 e. The zero-order valence-electron chi connectivity index (χ0n) is 12.6. The molecule has 1 aromatic carbocycles. The van der Waals surface area contributed by atoms with Crippen LogP contribution in [-0.2, 0) is 19.1 Å². The molecule has 0 spiro atoms. The number of nitriles is 1. The van der Waals surface area contributed by atoms with E-state index in [4.69, 9.17) is 27.0 Å². The molecule has 0 fully saturated rings. The highest BCUT2D eigenvalue weighted by molar-refractivity contribution is 7.80. The summed E-state index contributed by atoms with van der Waals surface area (Å²) in [5.41, 5.74) is 1.17. The van der Waals surface area contributed by atoms with Crippen LogP contribution in [0.3, 0.4) is 0 Å². The summed E-state index contributed by atoms with van der Waals surface area (Å²) in [5.74, 6) is -0.858. The lowest BCUT2D eigenvalue weighted by molar-refractivity contribution is -0.146. The molecule has 1 rings (SSSR count). The van der Waals surface area contributed by atoms with E-state index >= 15 is 0 Å². The predicted octanol–water partition coefficient (Wildman–Crippen LogP) is 1.34. The van der Waals surface area contributed by atoms with E-state index in [0.29, 0.717) is 17.9 Å². The number of methoxy groups -OCH3 is 1. The summed E-state index contributed by atoms with van der Waals surface area (Å²) >= 11 is 5.00. The van der Waals surface area contributed by atoms with Crippen LogP contribution in [0, 0.1) is 11.3 Å². The lowest BCUT2D eigenvalue weighted by atomic mass is 10.2. The molecule has 7 nitrogen and oxygen atoms in total. The third kappa shape index (κ3) is 7.90. The van der Waals surface area contributed by atoms with Gasteiger partial charge in [-0.15, -0.1) is 0 Å². The number of rotatable bonds is 7. The molecular weight excluding hydrogens is 318 g/mol. The van der Waals surface area contributed by atoms with E-state index in [1.54, 1.807) is 24.3 Å². The maximum atomic E-state index is 11.7. The minimum Gasteiger partial charge on any atom is -0.463 e. The summed E-state index contributed by atoms with van der Waals surface area (Å²) in [6.45, 7) is 0.478. The number of carbonyl (C=O) groups excluding carboxylic acids is 2. The standard InChI is InChI=1S/C15H17N3O4S/c1-21-8-9-22-14(20)7-6-13(19)18-15(23)17-12-4-2-11(10-16)3-5-12/h2-5H,6-9H2,1H3,(H2,17,18,19,23). The first kappa shape index (κ1) is 18.5. The molecule has 0 saturated heterocycles. The van der Waals surface area contributed by atoms with Gasteiger partial charge in [0.25, 0.3) is 0 Å². The second-order valence-electron chi connectivity index (χ2n) is 4.40. The molecule has 8 heteroatoms. The topological polar surface area (TPSA) is 100 Å². The van der Waals surface area contributed by atoms with Crippen LogP contribution in [0.25, 0.3) is 0 Å². The first-order valence-electron chi connectivity index (χ1n) is 6.80. The monoisotopic (exact) mass is 335 g/mol. The van der Waals surface area contributed by atoms with Crippen LogP contribution in [0.2, 0.25) is 0 Å². The predicted molar refractivity (Wildman–Crippen MR) is 87.6 cm³/mol. The Morgan fingerprint density at radius 3 is 2.52 bits per heavy atom. The Bertz CT molecular complexity index is 596. The van der Waals surface area contributed by atoms with Gasteiger partial charge in [-0.05, 0) is 36.5 Å². The molecule has 23 heavy (non-hydrogen) atoms. The summed E-state index contributed by atoms with van der Waals surface area (Å²) in [4.78, 5) is 23.0. The van der Waals surface area contributed by atoms with Crippen molar-refractivity contribution in [2.24, 2.45) is 0 Å². The number of nitrogens with one attached hydrogen (secondary N) is 2. The van der Waals surface area contributed by atoms with Crippen LogP contribution < -0.4 is 10.6 Å². The van der Waals surface area contributed by atoms with Gasteiger partial charge in [-0.1, -0.05) is 0 Å². The highest BCUT2D eigenvalue weighted by atomic mass is 32.1. The van der Waals surface area contributed by atoms with Gasteiger partial charge in [0.1, 0.15) is 6.61 Å². The number of esters is 1. The first-order valence-corrected chi connectivity index (χ1v) is 7.21. The molecule has 122 valence electrons. The van der Waals surface area contributed by atoms with Gasteiger partial charge >= 0.3 is 5.97 Å². The highest BCUT2D eigenvalue weighted by Gasteiger charge is 2.09. The van der Waals surface area contributed by atoms with Crippen LogP contribution >= 0.6 is 12.2 Å². The van der Waals surface area contributed by atoms with Crippen molar-refractivity contribution >= 4 is 34.9 Å². The Hall–Kier alpha value is -2.50. The SMILES string of the molecule is COCCOC(=O)CCC(=O)NC(=S)Nc1ccc(C#N)cc1. The molecule has 0 atom stereocenters. The fraction of sp³-hybridized carbons (Fsp3) is 0.333. The molecule has 0 saturated carbocycles. The summed E-state index contributed by atoms with van der Waals surface area (Å²) in [5, 5.41) is 14.1. The maximum absolute atomic E-state index is 11.7. The second kappa shape index (κ2) is 10.3. The minimum atomic E-state index is -0.469. The number of amides is 1. The Morgan fingerprint density at radius 2 is 1.91 bits per heavy atom. The quantitative estimate of drug-likeness (QED) is 0.440. The zero-order valence-corrected chi connectivity index (χ0v) is 13.4. The fourth-order valence-electron chi connectivity index (χ4n) is 1.51. The van der Waals surface area contributed by atoms with Gasteiger partial charge in [0, 0.05) is 19.2 Å². The average Bonchev–Trinajstić information content (AvgIpc) is 2.54. The van der Waals surface area contributed by atoms with E-state index in [2.05, 4.69) is 10.6 Å². The Kier molecular flexibility index (Phi) is 8.28. The summed E-state index contributed by atoms with van der Waals surface area (Å²) in [6, 6.07) is 8.60. The molecule has 0 unspecified atom stereocenters. The molecule has 0 aliphatic rings. The van der Waals surface area contributed by atoms with Gasteiger partial charge in [-0.2, -0.15) is 5.26 Å². The van der Waals surface area contributed by atoms with Crippen molar-refractivity contribution in [3.05, 3.63) is 29.8 Å². The van der Waals surface area contributed by atoms with Crippen molar-refractivity contribution < 1.29 is 19.1 Å². The third-order valence-electron chi connectivity index (χ3n) is 2.63. The second-order valence-corrected chi connectivity index (χ2v) is 4.81. The summed E-state index contributed by atoms with van der Waals surface area (Å²) in [7, 11) is 1.50. The van der Waals surface area contributed by atoms with Gasteiger partial charge in [0.15, 0.2) is 5.11 Å². The molecule has 1 amide bonds. The van der Waals surface area contributed by atoms with Crippen molar-refractivity contribution in [1.29, 1.82) is 5.26 Å². The number of thiocarbonyl (C=S) groups is 1. The number of ether oxygens (including phenoxy) is 2. The van der Waals surface area contributed by atoms with E-state index in [9.17, 15) is 9.59 Å². The maximum Gasteiger partial charge on any atom is 0.306 e. The van der Waals surface area contributed by atoms with Crippen LogP contribution in [0.5, 0.6) is 0 Å². The van der Waals surface area contributed by atoms with Crippen molar-refractivity contribution in [2.75, 3.05) is 25.6 Å². The number of anilines is 1. The number of nitrogens with zero attached hydrogens (tertiary/aromatic N) is 1. The summed E-state index contributed by atoms with van der Waals surface area (Å²) < 4.78 is 9.58. The molecule has 1 aromatic rings. The van der Waals surface area contributed by atoms with E-state index < -0.39 is 5.97 Å². The lowest BCUT2D eigenvalue weighted by Crippen LogP contribution is -2.34. The molecule has 0 heterocycles. The van der Waals surface area contributed by atoms with Gasteiger partial charge in [0.2, 0.25) is 5.91 Å². The van der Waals surface area contributed by atoms with Crippen LogP contribution in [0.1, 0.15) is 18.4 Å². The van der Waals surface area contributed by atoms with Gasteiger partial charge in [0.05, 0.1) is 24.7 Å². The van der Waals surface area contributed by atoms with E-state index in [1.165, 1.54) is 7.11 Å². The van der Waals surface area contributed by atoms with Crippen molar-refractivity contribution in [1.82, 2.24) is 5.32 Å². The molecule has 2 N–H and O–H groups in total. The van der Waals surface area contributed by atoms with Gasteiger partial charge in [-0.25, -0.2) is 0 Å². The zero-order chi connectivity index (χ0) is 17.1. The van der Waals surface area contributed by atoms with Crippen LogP contribution in [0.15, 0.2) is 24.3 Å². The number of hydrogen-bond acceptors (Lipinski definition) is 6. The van der Waals surface area contributed by atoms with E-state index in [1.807, 2.05) is 6.07 Å². The molecule has 0 bridgehead atoms. The lowest BCUT2D eigenvalue weighted by Gasteiger charge is -2.09. The van der Waals surface area contributed by atoms with Gasteiger partial charge in [-0.3, -0.25) is 9.59 Å². The molecule has 0 aliphatic carbocycles. The minimum absolute atomic E-state index is 0.0268. The van der Waals surface area contributed by atoms with Crippen molar-refractivity contribution in [2.45, 2.75) is 12.8 Å². The van der Waals surface area contributed by atoms with Crippen LogP contribution in [-0.4, -0.2) is 37.3 Å². The Balaban J connectivity index is 2.29. The summed E-state index contributed by atoms with van der Waals surface area (Å²) in [6.07, 6.45) is -0.0595. The van der Waals surface area contributed by atoms with E-state index in [-0.39, 0.29) is 30.5 Å². The fourth-order valence-corrected chi connectivity index (χ4v) is 1.74. The van der Waals surface area contributed by atoms with Gasteiger partial charge < -0.3 is 20.1 Å². The van der Waals surface area contributed by atoms with Crippen LogP contribution in [0.4, 0.5) is 5.69 Å². The number of hydrogen-bond donors (Lipinski definition) is 2. The average molecular weight is 335 g/mol. The number of benzene rings is 1. The molecule has 0 radical (unpaired) electrons. The largest absolute Gasteiger partial charge is 0.463 e. The normalized spacial score (nSPS) is 9.57. The molecule has 0 aromatic heterocycles. The Morgan fingerprint density at radius 1 is 1.22 bits per heavy atom. The molecule has 0 aliphatic heterocycles. The highest BCUT2D eigenvalue weighted by Crippen LogP contribution is 2.08. The Labute approximate surface area is 139 Å². The van der Waals surface area contributed by atoms with Crippen molar-refractivity contribution in [3.63, 3.8) is 0 Å². The number of carbonyl (C=O) groups is 2.